The van der Waals surface area contributed by atoms with Gasteiger partial charge >= 0.3 is 5.97 Å². The van der Waals surface area contributed by atoms with Gasteiger partial charge in [-0.25, -0.2) is 4.79 Å². The fraction of sp³-hybridized carbons (Fsp3) is 0.571. The lowest BCUT2D eigenvalue weighted by Gasteiger charge is -2.24. The van der Waals surface area contributed by atoms with E-state index in [1.807, 2.05) is 17.8 Å². The highest BCUT2D eigenvalue weighted by atomic mass is 32.2. The van der Waals surface area contributed by atoms with E-state index in [0.717, 1.165) is 24.7 Å². The summed E-state index contributed by atoms with van der Waals surface area (Å²) < 4.78 is 9.94. The molecular weight excluding hydrogens is 276 g/mol. The first-order valence-electron chi connectivity index (χ1n) is 6.61. The highest BCUT2D eigenvalue weighted by Gasteiger charge is 2.20. The summed E-state index contributed by atoms with van der Waals surface area (Å²) in [5.41, 5.74) is 0.357. The molecule has 1 fully saturated rings. The average molecular weight is 296 g/mol. The molecule has 0 radical (unpaired) electrons. The molecule has 0 amide bonds. The lowest BCUT2D eigenvalue weighted by atomic mass is 10.2. The van der Waals surface area contributed by atoms with E-state index < -0.39 is 5.97 Å². The van der Waals surface area contributed by atoms with E-state index in [-0.39, 0.29) is 0 Å². The molecule has 0 spiro atoms. The van der Waals surface area contributed by atoms with E-state index in [1.165, 1.54) is 20.0 Å². The van der Waals surface area contributed by atoms with Gasteiger partial charge in [0.15, 0.2) is 0 Å². The second-order valence-electron chi connectivity index (χ2n) is 4.84. The number of pyridine rings is 1. The van der Waals surface area contributed by atoms with Gasteiger partial charge in [-0.1, -0.05) is 6.92 Å². The van der Waals surface area contributed by atoms with Crippen LogP contribution in [0.5, 0.6) is 5.88 Å². The van der Waals surface area contributed by atoms with Crippen LogP contribution >= 0.6 is 11.8 Å². The Balaban J connectivity index is 2.26. The van der Waals surface area contributed by atoms with E-state index in [0.29, 0.717) is 17.4 Å². The van der Waals surface area contributed by atoms with Crippen molar-refractivity contribution in [3.63, 3.8) is 0 Å². The quantitative estimate of drug-likeness (QED) is 0.796. The van der Waals surface area contributed by atoms with Gasteiger partial charge in [-0.3, -0.25) is 0 Å². The first-order chi connectivity index (χ1) is 9.65. The minimum atomic E-state index is -0.430. The molecule has 20 heavy (non-hydrogen) atoms. The molecule has 1 aliphatic heterocycles. The predicted octanol–water partition coefficient (Wildman–Crippen LogP) is 2.07. The van der Waals surface area contributed by atoms with Crippen LogP contribution in [0.2, 0.25) is 0 Å². The molecule has 0 aromatic carbocycles. The number of carbonyl (C=O) groups excluding carboxylic acids is 1. The van der Waals surface area contributed by atoms with Crippen LogP contribution < -0.4 is 9.64 Å². The topological polar surface area (TPSA) is 51.7 Å². The minimum Gasteiger partial charge on any atom is -0.480 e. The van der Waals surface area contributed by atoms with Crippen molar-refractivity contribution in [2.75, 3.05) is 43.7 Å². The van der Waals surface area contributed by atoms with Crippen LogP contribution in [0, 0.1) is 5.92 Å². The van der Waals surface area contributed by atoms with Gasteiger partial charge in [-0.05, 0) is 23.8 Å². The van der Waals surface area contributed by atoms with E-state index in [2.05, 4.69) is 16.8 Å². The Bertz CT molecular complexity index is 481. The molecule has 1 atom stereocenters. The number of hydrogen-bond acceptors (Lipinski definition) is 6. The van der Waals surface area contributed by atoms with Crippen LogP contribution in [0.15, 0.2) is 12.1 Å². The molecule has 110 valence electrons. The van der Waals surface area contributed by atoms with Crippen molar-refractivity contribution in [3.05, 3.63) is 17.7 Å². The monoisotopic (exact) mass is 296 g/mol. The summed E-state index contributed by atoms with van der Waals surface area (Å²) in [5.74, 6) is 3.63. The summed E-state index contributed by atoms with van der Waals surface area (Å²) >= 11 is 1.97. The maximum absolute atomic E-state index is 11.6. The number of methoxy groups -OCH3 is 2. The SMILES string of the molecule is COC(=O)c1ccc(N2CCSCC(C)C2)nc1OC. The van der Waals surface area contributed by atoms with E-state index in [9.17, 15) is 4.79 Å². The van der Waals surface area contributed by atoms with Crippen LogP contribution in [-0.2, 0) is 4.74 Å². The minimum absolute atomic E-state index is 0.318. The van der Waals surface area contributed by atoms with E-state index >= 15 is 0 Å². The molecule has 5 nitrogen and oxygen atoms in total. The molecular formula is C14H20N2O3S. The smallest absolute Gasteiger partial charge is 0.343 e. The van der Waals surface area contributed by atoms with Gasteiger partial charge in [0.2, 0.25) is 5.88 Å². The Morgan fingerprint density at radius 2 is 2.25 bits per heavy atom. The number of aromatic nitrogens is 1. The van der Waals surface area contributed by atoms with Crippen molar-refractivity contribution < 1.29 is 14.3 Å². The molecule has 0 bridgehead atoms. The number of rotatable bonds is 3. The van der Waals surface area contributed by atoms with Gasteiger partial charge < -0.3 is 14.4 Å². The van der Waals surface area contributed by atoms with Gasteiger partial charge in [0.25, 0.3) is 0 Å². The van der Waals surface area contributed by atoms with E-state index in [1.54, 1.807) is 6.07 Å². The molecule has 0 N–H and O–H groups in total. The van der Waals surface area contributed by atoms with Crippen LogP contribution in [0.3, 0.4) is 0 Å². The fourth-order valence-corrected chi connectivity index (χ4v) is 3.24. The number of thioether (sulfide) groups is 1. The number of nitrogens with zero attached hydrogens (tertiary/aromatic N) is 2. The number of hydrogen-bond donors (Lipinski definition) is 0. The Kier molecular flexibility index (Phi) is 5.11. The summed E-state index contributed by atoms with van der Waals surface area (Å²) in [6.45, 7) is 4.18. The van der Waals surface area contributed by atoms with E-state index in [4.69, 9.17) is 9.47 Å². The highest BCUT2D eigenvalue weighted by Crippen LogP contribution is 2.25. The second-order valence-corrected chi connectivity index (χ2v) is 5.99. The highest BCUT2D eigenvalue weighted by molar-refractivity contribution is 7.99. The number of ether oxygens (including phenoxy) is 2. The third-order valence-electron chi connectivity index (χ3n) is 3.21. The van der Waals surface area contributed by atoms with Crippen molar-refractivity contribution in [1.82, 2.24) is 4.98 Å². The largest absolute Gasteiger partial charge is 0.480 e. The fourth-order valence-electron chi connectivity index (χ4n) is 2.22. The summed E-state index contributed by atoms with van der Waals surface area (Å²) in [6, 6.07) is 3.58. The van der Waals surface area contributed by atoms with Crippen LogP contribution in [0.1, 0.15) is 17.3 Å². The zero-order valence-electron chi connectivity index (χ0n) is 12.1. The molecule has 1 unspecified atom stereocenters. The van der Waals surface area contributed by atoms with Crippen molar-refractivity contribution >= 4 is 23.5 Å². The van der Waals surface area contributed by atoms with Crippen molar-refractivity contribution in [3.8, 4) is 5.88 Å². The summed E-state index contributed by atoms with van der Waals surface area (Å²) in [5, 5.41) is 0. The maximum atomic E-state index is 11.6. The molecule has 0 aliphatic carbocycles. The standard InChI is InChI=1S/C14H20N2O3S/c1-10-8-16(6-7-20-9-10)12-5-4-11(14(17)19-3)13(15-12)18-2/h4-5,10H,6-9H2,1-3H3. The zero-order chi connectivity index (χ0) is 14.5. The molecule has 0 saturated carbocycles. The number of anilines is 1. The first kappa shape index (κ1) is 15.0. The third-order valence-corrected chi connectivity index (χ3v) is 4.48. The van der Waals surface area contributed by atoms with Gasteiger partial charge in [0.1, 0.15) is 11.4 Å². The normalized spacial score (nSPS) is 19.4. The maximum Gasteiger partial charge on any atom is 0.343 e. The Morgan fingerprint density at radius 3 is 2.95 bits per heavy atom. The van der Waals surface area contributed by atoms with Crippen molar-refractivity contribution in [2.45, 2.75) is 6.92 Å². The Morgan fingerprint density at radius 1 is 1.45 bits per heavy atom. The van der Waals surface area contributed by atoms with Crippen molar-refractivity contribution in [2.24, 2.45) is 5.92 Å². The van der Waals surface area contributed by atoms with Gasteiger partial charge in [0, 0.05) is 18.8 Å². The predicted molar refractivity (Wildman–Crippen MR) is 80.8 cm³/mol. The lowest BCUT2D eigenvalue weighted by molar-refractivity contribution is 0.0596. The zero-order valence-corrected chi connectivity index (χ0v) is 12.9. The second kappa shape index (κ2) is 6.83. The van der Waals surface area contributed by atoms with Crippen LogP contribution in [0.4, 0.5) is 5.82 Å². The van der Waals surface area contributed by atoms with Crippen LogP contribution in [0.25, 0.3) is 0 Å². The molecule has 1 aromatic rings. The molecule has 1 aliphatic rings. The van der Waals surface area contributed by atoms with Crippen molar-refractivity contribution in [1.29, 1.82) is 0 Å². The summed E-state index contributed by atoms with van der Waals surface area (Å²) in [6.07, 6.45) is 0. The summed E-state index contributed by atoms with van der Waals surface area (Å²) in [4.78, 5) is 18.3. The Hall–Kier alpha value is -1.43. The van der Waals surface area contributed by atoms with Gasteiger partial charge in [0.05, 0.1) is 14.2 Å². The first-order valence-corrected chi connectivity index (χ1v) is 7.77. The Labute approximate surface area is 123 Å². The van der Waals surface area contributed by atoms with Crippen LogP contribution in [-0.4, -0.2) is 49.8 Å². The molecule has 6 heteroatoms. The van der Waals surface area contributed by atoms with Gasteiger partial charge in [-0.15, -0.1) is 0 Å². The lowest BCUT2D eigenvalue weighted by Crippen LogP contribution is -2.29. The molecule has 2 rings (SSSR count). The number of carbonyl (C=O) groups is 1. The molecule has 1 saturated heterocycles. The third kappa shape index (κ3) is 3.36. The average Bonchev–Trinajstić information content (AvgIpc) is 2.70. The molecule has 2 heterocycles. The molecule has 1 aromatic heterocycles. The summed E-state index contributed by atoms with van der Waals surface area (Å²) in [7, 11) is 2.86. The number of esters is 1. The van der Waals surface area contributed by atoms with Gasteiger partial charge in [-0.2, -0.15) is 16.7 Å².